The summed E-state index contributed by atoms with van der Waals surface area (Å²) in [5.41, 5.74) is -0.693. The Kier molecular flexibility index (Phi) is 5.19. The second-order valence-electron chi connectivity index (χ2n) is 5.00. The zero-order chi connectivity index (χ0) is 17.4. The third kappa shape index (κ3) is 2.92. The Labute approximate surface area is 133 Å². The lowest BCUT2D eigenvalue weighted by molar-refractivity contribution is 0.0948. The Morgan fingerprint density at radius 2 is 0.682 bits per heavy atom. The average molecular weight is 320 g/mol. The number of benzene rings is 1. The van der Waals surface area contributed by atoms with E-state index in [-0.39, 0.29) is 32.7 Å². The molecule has 6 heteroatoms. The van der Waals surface area contributed by atoms with E-state index in [1.165, 1.54) is 34.6 Å². The maximum atomic E-state index is 12.0. The van der Waals surface area contributed by atoms with Crippen molar-refractivity contribution in [3.8, 4) is 0 Å². The van der Waals surface area contributed by atoms with Gasteiger partial charge >= 0.3 is 0 Å². The highest BCUT2D eigenvalue weighted by Crippen LogP contribution is 2.33. The van der Waals surface area contributed by atoms with Gasteiger partial charge < -0.3 is 0 Å². The maximum Gasteiger partial charge on any atom is 0.161 e. The minimum Gasteiger partial charge on any atom is -0.294 e. The second kappa shape index (κ2) is 6.36. The number of hydrogen-bond donors (Lipinski definition) is 1. The quantitative estimate of drug-likeness (QED) is 0.666. The van der Waals surface area contributed by atoms with Gasteiger partial charge in [0.1, 0.15) is 0 Å². The first-order valence-corrected chi connectivity index (χ1v) is 6.94. The molecule has 0 atom stereocenters. The van der Waals surface area contributed by atoms with Crippen LogP contribution in [-0.4, -0.2) is 28.9 Å². The molecule has 0 aromatic heterocycles. The fourth-order valence-electron chi connectivity index (χ4n) is 2.48. The molecule has 1 aromatic rings. The van der Waals surface area contributed by atoms with E-state index in [4.69, 9.17) is 0 Å². The van der Waals surface area contributed by atoms with Crippen molar-refractivity contribution in [1.29, 1.82) is 0 Å². The summed E-state index contributed by atoms with van der Waals surface area (Å²) >= 11 is 4.18. The van der Waals surface area contributed by atoms with Crippen molar-refractivity contribution >= 4 is 41.5 Å². The molecule has 0 aliphatic carbocycles. The molecule has 1 aromatic carbocycles. The minimum atomic E-state index is -0.561. The van der Waals surface area contributed by atoms with Gasteiger partial charge in [-0.15, -0.1) is 12.6 Å². The van der Waals surface area contributed by atoms with Crippen LogP contribution in [0.1, 0.15) is 86.4 Å². The van der Waals surface area contributed by atoms with E-state index in [1.807, 2.05) is 0 Å². The van der Waals surface area contributed by atoms with Crippen LogP contribution in [0.15, 0.2) is 4.90 Å². The van der Waals surface area contributed by atoms with E-state index in [2.05, 4.69) is 12.6 Å². The second-order valence-corrected chi connectivity index (χ2v) is 5.45. The first kappa shape index (κ1) is 18.0. The molecule has 22 heavy (non-hydrogen) atoms. The normalized spacial score (nSPS) is 10.3. The Morgan fingerprint density at radius 3 is 0.864 bits per heavy atom. The van der Waals surface area contributed by atoms with E-state index < -0.39 is 28.9 Å². The molecule has 0 amide bonds. The molecule has 0 aliphatic heterocycles. The molecule has 0 spiro atoms. The van der Waals surface area contributed by atoms with Gasteiger partial charge in [0.25, 0.3) is 0 Å². The summed E-state index contributed by atoms with van der Waals surface area (Å²) < 4.78 is 0. The van der Waals surface area contributed by atoms with Gasteiger partial charge in [0.15, 0.2) is 28.9 Å². The standard InChI is InChI=1S/C16H16O5S/c1-6(17)11-12(7(2)18)14(9(4)20)16(22)15(10(5)21)13(11)8(3)19/h22H,1-5H3. The molecule has 0 saturated heterocycles. The topological polar surface area (TPSA) is 85.3 Å². The summed E-state index contributed by atoms with van der Waals surface area (Å²) in [5.74, 6) is -2.65. The highest BCUT2D eigenvalue weighted by molar-refractivity contribution is 7.80. The zero-order valence-corrected chi connectivity index (χ0v) is 13.9. The van der Waals surface area contributed by atoms with Crippen molar-refractivity contribution in [2.75, 3.05) is 0 Å². The molecule has 0 aliphatic rings. The van der Waals surface area contributed by atoms with Crippen LogP contribution in [0.5, 0.6) is 0 Å². The molecule has 116 valence electrons. The van der Waals surface area contributed by atoms with Gasteiger partial charge in [-0.25, -0.2) is 0 Å². The number of hydrogen-bond acceptors (Lipinski definition) is 6. The summed E-state index contributed by atoms with van der Waals surface area (Å²) in [6.45, 7) is 5.99. The van der Waals surface area contributed by atoms with Gasteiger partial charge in [-0.1, -0.05) is 0 Å². The summed E-state index contributed by atoms with van der Waals surface area (Å²) in [6, 6.07) is 0. The first-order valence-electron chi connectivity index (χ1n) is 6.49. The van der Waals surface area contributed by atoms with Crippen molar-refractivity contribution in [3.63, 3.8) is 0 Å². The van der Waals surface area contributed by atoms with Crippen LogP contribution in [0.3, 0.4) is 0 Å². The van der Waals surface area contributed by atoms with Gasteiger partial charge in [-0.3, -0.25) is 24.0 Å². The van der Waals surface area contributed by atoms with E-state index in [0.717, 1.165) is 0 Å². The molecule has 0 unspecified atom stereocenters. The number of thiol groups is 1. The van der Waals surface area contributed by atoms with Crippen LogP contribution in [0.2, 0.25) is 0 Å². The van der Waals surface area contributed by atoms with Crippen LogP contribution in [0.4, 0.5) is 0 Å². The number of Topliss-reactive ketones (excluding diaryl/α,β-unsaturated/α-hetero) is 5. The third-order valence-electron chi connectivity index (χ3n) is 3.23. The van der Waals surface area contributed by atoms with E-state index in [0.29, 0.717) is 0 Å². The molecule has 0 radical (unpaired) electrons. The van der Waals surface area contributed by atoms with E-state index in [9.17, 15) is 24.0 Å². The van der Waals surface area contributed by atoms with E-state index >= 15 is 0 Å². The smallest absolute Gasteiger partial charge is 0.161 e. The summed E-state index contributed by atoms with van der Waals surface area (Å²) in [4.78, 5) is 59.7. The fraction of sp³-hybridized carbons (Fsp3) is 0.312. The number of ketones is 5. The number of carbonyl (C=O) groups excluding carboxylic acids is 5. The highest BCUT2D eigenvalue weighted by atomic mass is 32.1. The first-order chi connectivity index (χ1) is 10.0. The number of carbonyl (C=O) groups is 5. The molecule has 0 bridgehead atoms. The van der Waals surface area contributed by atoms with Crippen molar-refractivity contribution in [2.24, 2.45) is 0 Å². The number of rotatable bonds is 5. The lowest BCUT2D eigenvalue weighted by Gasteiger charge is -2.19. The zero-order valence-electron chi connectivity index (χ0n) is 13.0. The summed E-state index contributed by atoms with van der Waals surface area (Å²) in [7, 11) is 0. The molecule has 0 fully saturated rings. The van der Waals surface area contributed by atoms with Gasteiger partial charge in [0.05, 0.1) is 0 Å². The average Bonchev–Trinajstić information content (AvgIpc) is 2.34. The minimum absolute atomic E-state index is 0.0413. The monoisotopic (exact) mass is 320 g/mol. The third-order valence-corrected chi connectivity index (χ3v) is 3.68. The fourth-order valence-corrected chi connectivity index (χ4v) is 3.02. The van der Waals surface area contributed by atoms with E-state index in [1.54, 1.807) is 0 Å². The largest absolute Gasteiger partial charge is 0.294 e. The maximum absolute atomic E-state index is 12.0. The van der Waals surface area contributed by atoms with Crippen LogP contribution in [0.25, 0.3) is 0 Å². The summed E-state index contributed by atoms with van der Waals surface area (Å²) in [6.07, 6.45) is 0. The lowest BCUT2D eigenvalue weighted by Crippen LogP contribution is -2.21. The Balaban J connectivity index is 4.31. The van der Waals surface area contributed by atoms with Crippen LogP contribution < -0.4 is 0 Å². The SMILES string of the molecule is CC(=O)c1c(S)c(C(C)=O)c(C(C)=O)c(C(C)=O)c1C(C)=O. The molecule has 0 heterocycles. The van der Waals surface area contributed by atoms with Crippen molar-refractivity contribution in [3.05, 3.63) is 27.8 Å². The predicted molar refractivity (Wildman–Crippen MR) is 83.7 cm³/mol. The summed E-state index contributed by atoms with van der Waals surface area (Å²) in [5, 5.41) is 0. The van der Waals surface area contributed by atoms with Crippen molar-refractivity contribution in [1.82, 2.24) is 0 Å². The van der Waals surface area contributed by atoms with Gasteiger partial charge in [-0.05, 0) is 34.6 Å². The van der Waals surface area contributed by atoms with Crippen LogP contribution in [-0.2, 0) is 0 Å². The van der Waals surface area contributed by atoms with Gasteiger partial charge in [0.2, 0.25) is 0 Å². The van der Waals surface area contributed by atoms with Crippen LogP contribution >= 0.6 is 12.6 Å². The Hall–Kier alpha value is -2.08. The molecule has 0 saturated carbocycles. The molecule has 5 nitrogen and oxygen atoms in total. The van der Waals surface area contributed by atoms with Gasteiger partial charge in [-0.2, -0.15) is 0 Å². The van der Waals surface area contributed by atoms with Crippen molar-refractivity contribution in [2.45, 2.75) is 39.5 Å². The molecule has 0 N–H and O–H groups in total. The molecule has 1 rings (SSSR count). The Morgan fingerprint density at radius 1 is 0.500 bits per heavy atom. The van der Waals surface area contributed by atoms with Gasteiger partial charge in [0, 0.05) is 32.7 Å². The highest BCUT2D eigenvalue weighted by Gasteiger charge is 2.31. The molecular formula is C16H16O5S. The van der Waals surface area contributed by atoms with Crippen LogP contribution in [0, 0.1) is 0 Å². The predicted octanol–water partition coefficient (Wildman–Crippen LogP) is 2.99. The Bertz CT molecular complexity index is 690. The lowest BCUT2D eigenvalue weighted by atomic mass is 9.84. The molecular weight excluding hydrogens is 304 g/mol. The van der Waals surface area contributed by atoms with Crippen molar-refractivity contribution < 1.29 is 24.0 Å².